The molecule has 0 unspecified atom stereocenters. The number of aromatic nitrogens is 6. The number of pyridine rings is 2. The Balaban J connectivity index is 0.000000194. The molecule has 8 nitrogen and oxygen atoms in total. The average molecular weight is 855 g/mol. The highest BCUT2D eigenvalue weighted by molar-refractivity contribution is 14.1. The molecule has 0 saturated heterocycles. The standard InChI is InChI=1S/C17H9ClF3N3O.C10H5ClF3IN2O.C7H5N/c18-16-12(4-5-13-3-1-2-10-22-13)11-24(23-16)14-6-8-15(9-7-14)25-17(19,20)21;11-9-8(15)5-17(16-9)6-1-3-7(4-2-6)18-10(12,13)14;1-2-7-5-3-4-6-8-7/h1-3,6-11H;1-5H;1,3-6H. The summed E-state index contributed by atoms with van der Waals surface area (Å²) in [5.41, 5.74) is 2.85. The van der Waals surface area contributed by atoms with Gasteiger partial charge in [-0.05, 0) is 101 Å². The number of alkyl halides is 6. The highest BCUT2D eigenvalue weighted by Gasteiger charge is 2.31. The lowest BCUT2D eigenvalue weighted by atomic mass is 10.3. The maximum Gasteiger partial charge on any atom is 0.573 e. The van der Waals surface area contributed by atoms with Gasteiger partial charge in [0.05, 0.1) is 20.5 Å². The predicted octanol–water partition coefficient (Wildman–Crippen LogP) is 9.31. The Labute approximate surface area is 310 Å². The molecule has 6 aromatic rings. The molecule has 0 N–H and O–H groups in total. The minimum atomic E-state index is -4.73. The molecule has 0 spiro atoms. The van der Waals surface area contributed by atoms with Crippen molar-refractivity contribution in [2.24, 2.45) is 0 Å². The molecule has 4 aromatic heterocycles. The third-order valence-electron chi connectivity index (χ3n) is 5.77. The third-order valence-corrected chi connectivity index (χ3v) is 7.44. The van der Waals surface area contributed by atoms with Gasteiger partial charge < -0.3 is 9.47 Å². The second-order valence-corrected chi connectivity index (χ2v) is 11.3. The van der Waals surface area contributed by atoms with Crippen LogP contribution in [0.2, 0.25) is 10.3 Å². The molecule has 0 aliphatic rings. The molecular weight excluding hydrogens is 836 g/mol. The van der Waals surface area contributed by atoms with Crippen LogP contribution in [0.4, 0.5) is 26.3 Å². The van der Waals surface area contributed by atoms with E-state index in [0.29, 0.717) is 33.5 Å². The molecule has 0 aliphatic heterocycles. The van der Waals surface area contributed by atoms with Crippen LogP contribution >= 0.6 is 45.8 Å². The van der Waals surface area contributed by atoms with Crippen molar-refractivity contribution in [1.82, 2.24) is 29.5 Å². The van der Waals surface area contributed by atoms with Gasteiger partial charge in [-0.2, -0.15) is 10.2 Å². The van der Waals surface area contributed by atoms with Crippen molar-refractivity contribution >= 4 is 45.8 Å². The Morgan fingerprint density at radius 3 is 1.49 bits per heavy atom. The minimum absolute atomic E-state index is 0.180. The summed E-state index contributed by atoms with van der Waals surface area (Å²) in [7, 11) is 0. The number of halogens is 9. The van der Waals surface area contributed by atoms with Gasteiger partial charge in [0.1, 0.15) is 22.9 Å². The van der Waals surface area contributed by atoms with E-state index in [1.165, 1.54) is 57.9 Å². The highest BCUT2D eigenvalue weighted by atomic mass is 127. The van der Waals surface area contributed by atoms with Crippen molar-refractivity contribution in [3.63, 3.8) is 0 Å². The van der Waals surface area contributed by atoms with Crippen molar-refractivity contribution in [3.8, 4) is 47.1 Å². The Morgan fingerprint density at radius 2 is 1.10 bits per heavy atom. The van der Waals surface area contributed by atoms with Crippen molar-refractivity contribution < 1.29 is 35.8 Å². The van der Waals surface area contributed by atoms with Crippen molar-refractivity contribution in [2.45, 2.75) is 12.7 Å². The summed E-state index contributed by atoms with van der Waals surface area (Å²) >= 11 is 13.8. The zero-order valence-electron chi connectivity index (χ0n) is 25.4. The third kappa shape index (κ3) is 12.9. The number of hydrogen-bond acceptors (Lipinski definition) is 6. The lowest BCUT2D eigenvalue weighted by Crippen LogP contribution is -2.17. The van der Waals surface area contributed by atoms with Crippen LogP contribution in [0.1, 0.15) is 17.0 Å². The van der Waals surface area contributed by atoms with Crippen LogP contribution in [0.15, 0.2) is 110 Å². The molecule has 6 rings (SSSR count). The molecule has 2 aromatic carbocycles. The topological polar surface area (TPSA) is 79.9 Å². The van der Waals surface area contributed by atoms with E-state index in [9.17, 15) is 26.3 Å². The van der Waals surface area contributed by atoms with Gasteiger partial charge in [0.2, 0.25) is 0 Å². The predicted molar refractivity (Wildman–Crippen MR) is 186 cm³/mol. The molecule has 51 heavy (non-hydrogen) atoms. The van der Waals surface area contributed by atoms with Crippen LogP contribution in [-0.4, -0.2) is 42.3 Å². The molecule has 0 bridgehead atoms. The van der Waals surface area contributed by atoms with Gasteiger partial charge in [-0.25, -0.2) is 19.3 Å². The van der Waals surface area contributed by atoms with E-state index in [0.717, 1.165) is 3.57 Å². The molecule has 0 radical (unpaired) electrons. The molecule has 0 aliphatic carbocycles. The first-order chi connectivity index (χ1) is 24.2. The zero-order valence-corrected chi connectivity index (χ0v) is 29.0. The Bertz CT molecular complexity index is 2110. The van der Waals surface area contributed by atoms with E-state index in [1.807, 2.05) is 40.8 Å². The molecular formula is C34H19Cl2F6IN6O2. The number of nitrogens with zero attached hydrogens (tertiary/aromatic N) is 6. The summed E-state index contributed by atoms with van der Waals surface area (Å²) < 4.78 is 83.6. The summed E-state index contributed by atoms with van der Waals surface area (Å²) in [4.78, 5) is 7.94. The Kier molecular flexibility index (Phi) is 13.3. The summed E-state index contributed by atoms with van der Waals surface area (Å²) in [6.07, 6.45) is 2.17. The fourth-order valence-electron chi connectivity index (χ4n) is 3.65. The van der Waals surface area contributed by atoms with Crippen LogP contribution in [0.3, 0.4) is 0 Å². The second-order valence-electron chi connectivity index (χ2n) is 9.40. The van der Waals surface area contributed by atoms with E-state index in [2.05, 4.69) is 47.4 Å². The summed E-state index contributed by atoms with van der Waals surface area (Å²) in [6, 6.07) is 21.4. The van der Waals surface area contributed by atoms with Gasteiger partial charge in [0.15, 0.2) is 10.3 Å². The van der Waals surface area contributed by atoms with Gasteiger partial charge in [-0.1, -0.05) is 47.2 Å². The molecule has 17 heteroatoms. The molecule has 0 saturated carbocycles. The Hall–Kier alpha value is -5.23. The van der Waals surface area contributed by atoms with E-state index in [1.54, 1.807) is 43.0 Å². The van der Waals surface area contributed by atoms with Gasteiger partial charge in [-0.15, -0.1) is 32.8 Å². The minimum Gasteiger partial charge on any atom is -0.406 e. The molecule has 0 atom stereocenters. The molecule has 4 heterocycles. The van der Waals surface area contributed by atoms with Crippen LogP contribution in [0.5, 0.6) is 11.5 Å². The fraction of sp³-hybridized carbons (Fsp3) is 0.0588. The zero-order chi connectivity index (χ0) is 37.0. The monoisotopic (exact) mass is 854 g/mol. The van der Waals surface area contributed by atoms with Crippen molar-refractivity contribution in [3.05, 3.63) is 141 Å². The molecule has 260 valence electrons. The van der Waals surface area contributed by atoms with Gasteiger partial charge in [0, 0.05) is 24.8 Å². The van der Waals surface area contributed by atoms with Crippen LogP contribution < -0.4 is 9.47 Å². The fourth-order valence-corrected chi connectivity index (χ4v) is 4.33. The normalized spacial score (nSPS) is 10.7. The summed E-state index contributed by atoms with van der Waals surface area (Å²) in [5.74, 6) is 7.54. The molecule has 0 amide bonds. The van der Waals surface area contributed by atoms with E-state index < -0.39 is 12.7 Å². The summed E-state index contributed by atoms with van der Waals surface area (Å²) in [6.45, 7) is 0. The number of ether oxygens (including phenoxy) is 2. The number of benzene rings is 2. The smallest absolute Gasteiger partial charge is 0.406 e. The maximum absolute atomic E-state index is 12.2. The van der Waals surface area contributed by atoms with Crippen LogP contribution in [-0.2, 0) is 0 Å². The number of hydrogen-bond donors (Lipinski definition) is 0. The first-order valence-corrected chi connectivity index (χ1v) is 15.7. The Morgan fingerprint density at radius 1 is 0.627 bits per heavy atom. The average Bonchev–Trinajstić information content (AvgIpc) is 3.64. The van der Waals surface area contributed by atoms with E-state index >= 15 is 0 Å². The lowest BCUT2D eigenvalue weighted by Gasteiger charge is -2.09. The highest BCUT2D eigenvalue weighted by Crippen LogP contribution is 2.26. The molecule has 0 fully saturated rings. The first-order valence-electron chi connectivity index (χ1n) is 13.9. The maximum atomic E-state index is 12.2. The van der Waals surface area contributed by atoms with Gasteiger partial charge in [0.25, 0.3) is 0 Å². The SMILES string of the molecule is C#Cc1ccccn1.FC(F)(F)Oc1ccc(-n2cc(C#Cc3ccccn3)c(Cl)n2)cc1.FC(F)(F)Oc1ccc(-n2cc(I)c(Cl)n2)cc1. The quantitative estimate of drug-likeness (QED) is 0.100. The van der Waals surface area contributed by atoms with Crippen LogP contribution in [0, 0.1) is 27.8 Å². The van der Waals surface area contributed by atoms with Gasteiger partial charge in [-0.3, -0.25) is 0 Å². The second kappa shape index (κ2) is 17.6. The summed E-state index contributed by atoms with van der Waals surface area (Å²) in [5, 5.41) is 8.61. The van der Waals surface area contributed by atoms with Crippen molar-refractivity contribution in [1.29, 1.82) is 0 Å². The van der Waals surface area contributed by atoms with E-state index in [4.69, 9.17) is 29.6 Å². The number of rotatable bonds is 4. The number of terminal acetylenes is 1. The van der Waals surface area contributed by atoms with Gasteiger partial charge >= 0.3 is 12.7 Å². The lowest BCUT2D eigenvalue weighted by molar-refractivity contribution is -0.275. The van der Waals surface area contributed by atoms with Crippen LogP contribution in [0.25, 0.3) is 11.4 Å². The first kappa shape index (κ1) is 38.6. The van der Waals surface area contributed by atoms with Crippen molar-refractivity contribution in [2.75, 3.05) is 0 Å². The van der Waals surface area contributed by atoms with E-state index in [-0.39, 0.29) is 16.7 Å². The largest absolute Gasteiger partial charge is 0.573 e.